The number of carbonyl (C=O) groups excluding carboxylic acids is 2. The molecule has 8 nitrogen and oxygen atoms in total. The molecule has 0 N–H and O–H groups in total. The highest BCUT2D eigenvalue weighted by Crippen LogP contribution is 2.27. The lowest BCUT2D eigenvalue weighted by Crippen LogP contribution is -2.52. The van der Waals surface area contributed by atoms with Crippen molar-refractivity contribution in [2.24, 2.45) is 0 Å². The average molecular weight is 503 g/mol. The highest BCUT2D eigenvalue weighted by Gasteiger charge is 2.36. The Labute approximate surface area is 207 Å². The molecular formula is C26H34N2O6S. The summed E-state index contributed by atoms with van der Waals surface area (Å²) in [6.45, 7) is 8.16. The second-order valence-corrected chi connectivity index (χ2v) is 11.7. The molecule has 1 aliphatic rings. The minimum atomic E-state index is -3.87. The Morgan fingerprint density at radius 3 is 2.26 bits per heavy atom. The lowest BCUT2D eigenvalue weighted by molar-refractivity contribution is 0.0152. The molecule has 1 saturated heterocycles. The first-order valence-electron chi connectivity index (χ1n) is 11.6. The quantitative estimate of drug-likeness (QED) is 0.545. The van der Waals surface area contributed by atoms with E-state index in [-0.39, 0.29) is 18.0 Å². The van der Waals surface area contributed by atoms with Crippen molar-refractivity contribution in [1.82, 2.24) is 9.21 Å². The van der Waals surface area contributed by atoms with Crippen molar-refractivity contribution in [2.75, 3.05) is 20.2 Å². The number of hydrogen-bond acceptors (Lipinski definition) is 6. The zero-order valence-corrected chi connectivity index (χ0v) is 21.8. The minimum absolute atomic E-state index is 0.102. The van der Waals surface area contributed by atoms with Crippen molar-refractivity contribution in [3.8, 4) is 0 Å². The standard InChI is InChI=1S/C26H34N2O6S/c1-19-8-14-23(15-9-19)35(31,32)28(17-20-10-12-21(13-11-20)24(29)33-5)22-7-6-16-27(18-22)25(30)34-26(2,3)4/h8-15,22H,6-7,16-18H2,1-5H3. The van der Waals surface area contributed by atoms with E-state index in [1.54, 1.807) is 74.2 Å². The Morgan fingerprint density at radius 2 is 1.69 bits per heavy atom. The van der Waals surface area contributed by atoms with Crippen LogP contribution in [0, 0.1) is 6.92 Å². The van der Waals surface area contributed by atoms with Gasteiger partial charge in [0.2, 0.25) is 10.0 Å². The predicted octanol–water partition coefficient (Wildman–Crippen LogP) is 4.37. The molecule has 1 aliphatic heterocycles. The lowest BCUT2D eigenvalue weighted by Gasteiger charge is -2.39. The number of carbonyl (C=O) groups is 2. The molecule has 2 aromatic rings. The molecule has 1 heterocycles. The van der Waals surface area contributed by atoms with Gasteiger partial charge in [-0.15, -0.1) is 0 Å². The average Bonchev–Trinajstić information content (AvgIpc) is 2.81. The van der Waals surface area contributed by atoms with Crippen molar-refractivity contribution >= 4 is 22.1 Å². The molecule has 1 atom stereocenters. The van der Waals surface area contributed by atoms with Crippen molar-refractivity contribution in [3.05, 3.63) is 65.2 Å². The monoisotopic (exact) mass is 502 g/mol. The van der Waals surface area contributed by atoms with E-state index < -0.39 is 33.7 Å². The number of hydrogen-bond donors (Lipinski definition) is 0. The number of benzene rings is 2. The summed E-state index contributed by atoms with van der Waals surface area (Å²) in [6.07, 6.45) is 0.827. The maximum absolute atomic E-state index is 13.8. The van der Waals surface area contributed by atoms with Crippen LogP contribution in [0.15, 0.2) is 53.4 Å². The topological polar surface area (TPSA) is 93.2 Å². The van der Waals surface area contributed by atoms with Crippen LogP contribution in [-0.4, -0.2) is 61.5 Å². The van der Waals surface area contributed by atoms with Gasteiger partial charge >= 0.3 is 12.1 Å². The van der Waals surface area contributed by atoms with Crippen LogP contribution >= 0.6 is 0 Å². The molecule has 190 valence electrons. The lowest BCUT2D eigenvalue weighted by atomic mass is 10.1. The largest absolute Gasteiger partial charge is 0.465 e. The Kier molecular flexibility index (Phi) is 8.22. The van der Waals surface area contributed by atoms with Crippen molar-refractivity contribution in [3.63, 3.8) is 0 Å². The number of sulfonamides is 1. The summed E-state index contributed by atoms with van der Waals surface area (Å²) in [6, 6.07) is 13.0. The second-order valence-electron chi connectivity index (χ2n) is 9.77. The number of methoxy groups -OCH3 is 1. The van der Waals surface area contributed by atoms with Crippen molar-refractivity contribution in [2.45, 2.75) is 63.6 Å². The number of rotatable bonds is 6. The van der Waals surface area contributed by atoms with Crippen LogP contribution in [0.5, 0.6) is 0 Å². The third kappa shape index (κ3) is 6.82. The predicted molar refractivity (Wildman–Crippen MR) is 133 cm³/mol. The molecule has 0 aliphatic carbocycles. The van der Waals surface area contributed by atoms with E-state index in [4.69, 9.17) is 9.47 Å². The number of piperidine rings is 1. The third-order valence-electron chi connectivity index (χ3n) is 5.80. The van der Waals surface area contributed by atoms with E-state index >= 15 is 0 Å². The zero-order valence-electron chi connectivity index (χ0n) is 21.0. The van der Waals surface area contributed by atoms with Gasteiger partial charge in [0.05, 0.1) is 17.6 Å². The highest BCUT2D eigenvalue weighted by molar-refractivity contribution is 7.89. The summed E-state index contributed by atoms with van der Waals surface area (Å²) >= 11 is 0. The SMILES string of the molecule is COC(=O)c1ccc(CN(C2CCCN(C(=O)OC(C)(C)C)C2)S(=O)(=O)c2ccc(C)cc2)cc1. The van der Waals surface area contributed by atoms with E-state index in [1.807, 2.05) is 6.92 Å². The summed E-state index contributed by atoms with van der Waals surface area (Å²) in [5.41, 5.74) is 1.43. The van der Waals surface area contributed by atoms with E-state index in [0.29, 0.717) is 24.9 Å². The Bertz CT molecular complexity index is 1140. The van der Waals surface area contributed by atoms with Gasteiger partial charge in [-0.05, 0) is 70.4 Å². The fourth-order valence-electron chi connectivity index (χ4n) is 3.98. The van der Waals surface area contributed by atoms with Crippen LogP contribution in [0.1, 0.15) is 55.1 Å². The second kappa shape index (κ2) is 10.8. The third-order valence-corrected chi connectivity index (χ3v) is 7.71. The van der Waals surface area contributed by atoms with Crippen LogP contribution in [0.3, 0.4) is 0 Å². The van der Waals surface area contributed by atoms with Gasteiger partial charge in [0, 0.05) is 25.7 Å². The smallest absolute Gasteiger partial charge is 0.410 e. The normalized spacial score (nSPS) is 16.7. The molecular weight excluding hydrogens is 468 g/mol. The van der Waals surface area contributed by atoms with Crippen LogP contribution in [0.25, 0.3) is 0 Å². The van der Waals surface area contributed by atoms with Crippen LogP contribution in [-0.2, 0) is 26.0 Å². The molecule has 0 radical (unpaired) electrons. The van der Waals surface area contributed by atoms with Gasteiger partial charge in [0.1, 0.15) is 5.60 Å². The molecule has 3 rings (SSSR count). The van der Waals surface area contributed by atoms with E-state index in [2.05, 4.69) is 0 Å². The summed E-state index contributed by atoms with van der Waals surface area (Å²) in [4.78, 5) is 26.3. The molecule has 0 spiro atoms. The minimum Gasteiger partial charge on any atom is -0.465 e. The van der Waals surface area contributed by atoms with Crippen LogP contribution in [0.2, 0.25) is 0 Å². The molecule has 0 saturated carbocycles. The van der Waals surface area contributed by atoms with Crippen LogP contribution in [0.4, 0.5) is 4.79 Å². The maximum Gasteiger partial charge on any atom is 0.410 e. The highest BCUT2D eigenvalue weighted by atomic mass is 32.2. The maximum atomic E-state index is 13.8. The van der Waals surface area contributed by atoms with E-state index in [0.717, 1.165) is 11.1 Å². The molecule has 9 heteroatoms. The van der Waals surface area contributed by atoms with E-state index in [9.17, 15) is 18.0 Å². The Morgan fingerprint density at radius 1 is 1.06 bits per heavy atom. The number of amides is 1. The van der Waals surface area contributed by atoms with Gasteiger partial charge < -0.3 is 14.4 Å². The summed E-state index contributed by atoms with van der Waals surface area (Å²) in [5.74, 6) is -0.457. The number of esters is 1. The fraction of sp³-hybridized carbons (Fsp3) is 0.462. The van der Waals surface area contributed by atoms with Gasteiger partial charge in [-0.2, -0.15) is 4.31 Å². The first-order chi connectivity index (χ1) is 16.4. The molecule has 1 amide bonds. The molecule has 35 heavy (non-hydrogen) atoms. The van der Waals surface area contributed by atoms with Gasteiger partial charge in [-0.3, -0.25) is 0 Å². The van der Waals surface area contributed by atoms with Gasteiger partial charge in [0.25, 0.3) is 0 Å². The summed E-state index contributed by atoms with van der Waals surface area (Å²) in [7, 11) is -2.56. The number of aryl methyl sites for hydroxylation is 1. The van der Waals surface area contributed by atoms with Gasteiger partial charge in [-0.1, -0.05) is 29.8 Å². The first kappa shape index (κ1) is 26.7. The zero-order chi connectivity index (χ0) is 25.8. The van der Waals surface area contributed by atoms with Crippen LogP contribution < -0.4 is 0 Å². The van der Waals surface area contributed by atoms with Crippen molar-refractivity contribution < 1.29 is 27.5 Å². The Balaban J connectivity index is 1.92. The molecule has 0 aromatic heterocycles. The van der Waals surface area contributed by atoms with Gasteiger partial charge in [0.15, 0.2) is 0 Å². The number of ether oxygens (including phenoxy) is 2. The number of nitrogens with zero attached hydrogens (tertiary/aromatic N) is 2. The molecule has 1 fully saturated rings. The van der Waals surface area contributed by atoms with E-state index in [1.165, 1.54) is 11.4 Å². The fourth-order valence-corrected chi connectivity index (χ4v) is 5.62. The molecule has 0 bridgehead atoms. The molecule has 1 unspecified atom stereocenters. The summed E-state index contributed by atoms with van der Waals surface area (Å²) < 4.78 is 39.3. The molecule has 2 aromatic carbocycles. The summed E-state index contributed by atoms with van der Waals surface area (Å²) in [5, 5.41) is 0. The number of likely N-dealkylation sites (tertiary alicyclic amines) is 1. The van der Waals surface area contributed by atoms with Crippen molar-refractivity contribution in [1.29, 1.82) is 0 Å². The Hall–Kier alpha value is -2.91. The van der Waals surface area contributed by atoms with Gasteiger partial charge in [-0.25, -0.2) is 18.0 Å². The first-order valence-corrected chi connectivity index (χ1v) is 13.1.